The van der Waals surface area contributed by atoms with E-state index in [-0.39, 0.29) is 10.5 Å². The summed E-state index contributed by atoms with van der Waals surface area (Å²) in [6.07, 6.45) is 8.05. The molecule has 1 amide bonds. The van der Waals surface area contributed by atoms with Crippen LogP contribution in [0.1, 0.15) is 33.1 Å². The molecule has 3 aliphatic heterocycles. The molecule has 6 heterocycles. The summed E-state index contributed by atoms with van der Waals surface area (Å²) in [5.74, 6) is -0.550. The van der Waals surface area contributed by atoms with Crippen LogP contribution >= 0.6 is 0 Å². The van der Waals surface area contributed by atoms with Crippen molar-refractivity contribution in [3.63, 3.8) is 0 Å². The van der Waals surface area contributed by atoms with Crippen molar-refractivity contribution < 1.29 is 30.7 Å². The first-order chi connectivity index (χ1) is 19.4. The van der Waals surface area contributed by atoms with Crippen molar-refractivity contribution in [2.24, 2.45) is 0 Å². The highest BCUT2D eigenvalue weighted by Crippen LogP contribution is 2.21. The number of nitrogens with zero attached hydrogens (tertiary/aromatic N) is 2. The number of carbonyl (C=O) groups excluding carboxylic acids is 1. The minimum atomic E-state index is -4.67. The maximum Gasteiger partial charge on any atom is 0.394 e. The second-order valence-electron chi connectivity index (χ2n) is 8.78. The molecule has 0 spiro atoms. The summed E-state index contributed by atoms with van der Waals surface area (Å²) in [6, 6.07) is 22.5. The molecule has 0 unspecified atom stereocenters. The van der Waals surface area contributed by atoms with Crippen LogP contribution < -0.4 is 4.72 Å². The summed E-state index contributed by atoms with van der Waals surface area (Å²) in [4.78, 5) is 27.1. The van der Waals surface area contributed by atoms with Gasteiger partial charge in [-0.3, -0.25) is 13.9 Å². The Morgan fingerprint density at radius 1 is 0.634 bits per heavy atom. The lowest BCUT2D eigenvalue weighted by Gasteiger charge is -1.91. The monoisotopic (exact) mass is 591 g/mol. The van der Waals surface area contributed by atoms with E-state index in [2.05, 4.69) is 50.3 Å². The standard InChI is InChI=1S/C20H14N4.C7H5NO3S.H2O4S/c1-2-14-10-16-5-6-18(23-16)12-20-8-7-19(24-20)11-17-4-3-15(22-17)9-13(1)21-14;9-7-5-3-1-2-4-6(5)12(10,11)8-7;1-5(2,3)4/h1-12,21-22H;1-4H,(H,8,9);(H2,1,2,3,4). The van der Waals surface area contributed by atoms with Crippen LogP contribution in [0.4, 0.5) is 0 Å². The Labute approximate surface area is 233 Å². The summed E-state index contributed by atoms with van der Waals surface area (Å²) >= 11 is 0. The lowest BCUT2D eigenvalue weighted by atomic mass is 10.2. The predicted molar refractivity (Wildman–Crippen MR) is 154 cm³/mol. The highest BCUT2D eigenvalue weighted by atomic mass is 32.3. The van der Waals surface area contributed by atoms with Gasteiger partial charge in [0.2, 0.25) is 0 Å². The van der Waals surface area contributed by atoms with E-state index >= 15 is 0 Å². The lowest BCUT2D eigenvalue weighted by Crippen LogP contribution is -2.20. The van der Waals surface area contributed by atoms with Crippen LogP contribution in [0, 0.1) is 0 Å². The largest absolute Gasteiger partial charge is 0.394 e. The number of aromatic nitrogens is 4. The zero-order valence-electron chi connectivity index (χ0n) is 20.9. The number of amides is 1. The van der Waals surface area contributed by atoms with Crippen LogP contribution in [-0.4, -0.2) is 51.8 Å². The summed E-state index contributed by atoms with van der Waals surface area (Å²) in [5, 5.41) is 0. The van der Waals surface area contributed by atoms with Gasteiger partial charge in [-0.05, 0) is 85.0 Å². The van der Waals surface area contributed by atoms with E-state index in [0.717, 1.165) is 44.8 Å². The highest BCUT2D eigenvalue weighted by molar-refractivity contribution is 7.90. The third kappa shape index (κ3) is 7.20. The van der Waals surface area contributed by atoms with E-state index in [1.807, 2.05) is 47.2 Å². The maximum absolute atomic E-state index is 11.1. The maximum atomic E-state index is 11.1. The van der Waals surface area contributed by atoms with Crippen LogP contribution in [0.2, 0.25) is 0 Å². The van der Waals surface area contributed by atoms with Crippen molar-refractivity contribution in [3.05, 3.63) is 101 Å². The van der Waals surface area contributed by atoms with E-state index in [4.69, 9.17) is 17.5 Å². The fraction of sp³-hybridized carbons (Fsp3) is 0. The van der Waals surface area contributed by atoms with Crippen molar-refractivity contribution in [2.45, 2.75) is 4.90 Å². The molecule has 12 nitrogen and oxygen atoms in total. The van der Waals surface area contributed by atoms with Crippen LogP contribution in [0.25, 0.3) is 46.4 Å². The van der Waals surface area contributed by atoms with E-state index in [0.29, 0.717) is 0 Å². The first kappa shape index (κ1) is 27.7. The molecule has 4 aromatic rings. The average molecular weight is 592 g/mol. The SMILES string of the molecule is C1=Cc2cc3ccc(cc4ccc(cc5nc(cc1n2)C=C5)[nH]4)[nH]3.O=C1NS(=O)(=O)c2ccccc21.O=S(=O)(O)O. The first-order valence-electron chi connectivity index (χ1n) is 11.8. The number of aromatic amines is 2. The minimum absolute atomic E-state index is 0.0648. The van der Waals surface area contributed by atoms with Crippen LogP contribution in [0.5, 0.6) is 0 Å². The molecule has 0 atom stereocenters. The molecule has 0 radical (unpaired) electrons. The lowest BCUT2D eigenvalue weighted by molar-refractivity contribution is 0.0985. The van der Waals surface area contributed by atoms with Crippen molar-refractivity contribution in [2.75, 3.05) is 0 Å². The molecule has 7 rings (SSSR count). The number of nitrogens with one attached hydrogen (secondary N) is 3. The van der Waals surface area contributed by atoms with Gasteiger partial charge in [-0.2, -0.15) is 8.42 Å². The molecule has 41 heavy (non-hydrogen) atoms. The van der Waals surface area contributed by atoms with Crippen molar-refractivity contribution in [3.8, 4) is 0 Å². The molecule has 0 saturated carbocycles. The topological polar surface area (TPSA) is 195 Å². The fourth-order valence-corrected chi connectivity index (χ4v) is 5.24. The van der Waals surface area contributed by atoms with Gasteiger partial charge in [0.25, 0.3) is 15.9 Å². The number of hydrogen-bond acceptors (Lipinski definition) is 7. The molecule has 208 valence electrons. The van der Waals surface area contributed by atoms with E-state index in [1.54, 1.807) is 12.1 Å². The summed E-state index contributed by atoms with van der Waals surface area (Å²) in [7, 11) is -8.22. The van der Waals surface area contributed by atoms with Gasteiger partial charge in [0, 0.05) is 22.1 Å². The number of H-pyrrole nitrogens is 2. The second-order valence-corrected chi connectivity index (χ2v) is 11.3. The normalized spacial score (nSPS) is 14.2. The summed E-state index contributed by atoms with van der Waals surface area (Å²) in [5.41, 5.74) is 8.08. The van der Waals surface area contributed by atoms with E-state index in [9.17, 15) is 13.2 Å². The molecular formula is C27H21N5O7S2. The van der Waals surface area contributed by atoms with Crippen molar-refractivity contribution in [1.82, 2.24) is 24.7 Å². The molecule has 0 aliphatic carbocycles. The van der Waals surface area contributed by atoms with Gasteiger partial charge in [0.15, 0.2) is 0 Å². The van der Waals surface area contributed by atoms with Crippen molar-refractivity contribution in [1.29, 1.82) is 0 Å². The zero-order valence-corrected chi connectivity index (χ0v) is 22.5. The predicted octanol–water partition coefficient (Wildman–Crippen LogP) is 4.12. The van der Waals surface area contributed by atoms with E-state index < -0.39 is 26.3 Å². The molecule has 3 aliphatic rings. The Balaban J connectivity index is 0.000000165. The van der Waals surface area contributed by atoms with Crippen LogP contribution in [-0.2, 0) is 20.4 Å². The molecule has 0 fully saturated rings. The quantitative estimate of drug-likeness (QED) is 0.161. The van der Waals surface area contributed by atoms with E-state index in [1.165, 1.54) is 12.1 Å². The van der Waals surface area contributed by atoms with Crippen molar-refractivity contribution >= 4 is 72.7 Å². The third-order valence-corrected chi connectivity index (χ3v) is 7.08. The molecule has 5 N–H and O–H groups in total. The van der Waals surface area contributed by atoms with Gasteiger partial charge >= 0.3 is 10.4 Å². The summed E-state index contributed by atoms with van der Waals surface area (Å²) < 4.78 is 55.7. The van der Waals surface area contributed by atoms with Crippen LogP contribution in [0.15, 0.2) is 77.7 Å². The first-order valence-corrected chi connectivity index (χ1v) is 14.7. The fourth-order valence-electron chi connectivity index (χ4n) is 4.06. The number of hydrogen-bond donors (Lipinski definition) is 5. The van der Waals surface area contributed by atoms with Gasteiger partial charge in [-0.1, -0.05) is 12.1 Å². The highest BCUT2D eigenvalue weighted by Gasteiger charge is 2.31. The summed E-state index contributed by atoms with van der Waals surface area (Å²) in [6.45, 7) is 0. The Kier molecular flexibility index (Phi) is 7.38. The number of sulfonamides is 1. The number of carbonyl (C=O) groups is 1. The Bertz CT molecular complexity index is 2020. The van der Waals surface area contributed by atoms with Gasteiger partial charge in [0.05, 0.1) is 28.3 Å². The van der Waals surface area contributed by atoms with Crippen LogP contribution in [0.3, 0.4) is 0 Å². The zero-order chi connectivity index (χ0) is 29.2. The molecule has 0 saturated heterocycles. The molecule has 8 bridgehead atoms. The smallest absolute Gasteiger partial charge is 0.355 e. The third-order valence-electron chi connectivity index (χ3n) is 5.69. The van der Waals surface area contributed by atoms with Gasteiger partial charge in [-0.25, -0.2) is 23.1 Å². The Hall–Kier alpha value is -4.89. The Morgan fingerprint density at radius 2 is 1.05 bits per heavy atom. The number of benzene rings is 1. The number of fused-ring (bicyclic) bond motifs is 9. The van der Waals surface area contributed by atoms with Gasteiger partial charge in [-0.15, -0.1) is 0 Å². The molecule has 1 aromatic carbocycles. The molecule has 3 aromatic heterocycles. The van der Waals surface area contributed by atoms with Gasteiger partial charge < -0.3 is 9.97 Å². The van der Waals surface area contributed by atoms with Gasteiger partial charge in [0.1, 0.15) is 4.90 Å². The molecule has 14 heteroatoms. The Morgan fingerprint density at radius 3 is 1.51 bits per heavy atom. The average Bonchev–Trinajstić information content (AvgIpc) is 3.71. The molecular weight excluding hydrogens is 570 g/mol. The minimum Gasteiger partial charge on any atom is -0.355 e. The second kappa shape index (κ2) is 10.9. The number of rotatable bonds is 0.